The zero-order valence-electron chi connectivity index (χ0n) is 11.2. The third kappa shape index (κ3) is 2.76. The van der Waals surface area contributed by atoms with E-state index in [0.29, 0.717) is 12.1 Å². The summed E-state index contributed by atoms with van der Waals surface area (Å²) in [7, 11) is 0. The number of nitro groups is 1. The Morgan fingerprint density at radius 2 is 1.95 bits per heavy atom. The van der Waals surface area contributed by atoms with Crippen molar-refractivity contribution < 1.29 is 9.34 Å². The van der Waals surface area contributed by atoms with Gasteiger partial charge >= 0.3 is 0 Å². The second-order valence-corrected chi connectivity index (χ2v) is 4.59. The predicted octanol–water partition coefficient (Wildman–Crippen LogP) is 3.73. The summed E-state index contributed by atoms with van der Waals surface area (Å²) in [6, 6.07) is 5.28. The molecule has 0 aliphatic carbocycles. The van der Waals surface area contributed by atoms with E-state index in [-0.39, 0.29) is 10.6 Å². The summed E-state index contributed by atoms with van der Waals surface area (Å²) in [5.74, 6) is 0.836. The molecule has 2 aromatic rings. The lowest BCUT2D eigenvalue weighted by atomic mass is 10.1. The highest BCUT2D eigenvalue weighted by molar-refractivity contribution is 5.60. The molecule has 1 N–H and O–H groups in total. The average molecular weight is 260 g/mol. The fraction of sp³-hybridized carbons (Fsp3) is 0.286. The maximum Gasteiger partial charge on any atom is 0.274 e. The molecule has 0 atom stereocenters. The summed E-state index contributed by atoms with van der Waals surface area (Å²) in [5, 5.41) is 14.1. The number of nitrogens with zero attached hydrogens (tertiary/aromatic N) is 1. The fourth-order valence-electron chi connectivity index (χ4n) is 1.99. The standard InChI is InChI=1S/C14H16N2O3/c1-9-4-5-19-14(9)8-15-12-7-13(16(17)18)11(3)6-10(12)2/h4-7,15H,8H2,1-3H3. The van der Waals surface area contributed by atoms with E-state index in [2.05, 4.69) is 5.32 Å². The van der Waals surface area contributed by atoms with E-state index in [0.717, 1.165) is 22.6 Å². The number of benzene rings is 1. The van der Waals surface area contributed by atoms with Crippen LogP contribution in [0.5, 0.6) is 0 Å². The molecular weight excluding hydrogens is 244 g/mol. The number of furan rings is 1. The molecule has 1 heterocycles. The molecule has 5 nitrogen and oxygen atoms in total. The maximum atomic E-state index is 10.9. The molecule has 1 aromatic carbocycles. The van der Waals surface area contributed by atoms with E-state index in [1.165, 1.54) is 0 Å². The van der Waals surface area contributed by atoms with Gasteiger partial charge in [-0.15, -0.1) is 0 Å². The molecule has 0 amide bonds. The minimum atomic E-state index is -0.363. The monoisotopic (exact) mass is 260 g/mol. The lowest BCUT2D eigenvalue weighted by molar-refractivity contribution is -0.385. The van der Waals surface area contributed by atoms with Crippen LogP contribution in [0.2, 0.25) is 0 Å². The smallest absolute Gasteiger partial charge is 0.274 e. The molecule has 0 aliphatic rings. The number of aryl methyl sites for hydroxylation is 3. The van der Waals surface area contributed by atoms with E-state index in [4.69, 9.17) is 4.42 Å². The summed E-state index contributed by atoms with van der Waals surface area (Å²) < 4.78 is 5.33. The van der Waals surface area contributed by atoms with Crippen LogP contribution in [0.15, 0.2) is 28.9 Å². The molecule has 0 bridgehead atoms. The number of anilines is 1. The molecule has 5 heteroatoms. The lowest BCUT2D eigenvalue weighted by Gasteiger charge is -2.10. The number of nitro benzene ring substituents is 1. The molecule has 0 radical (unpaired) electrons. The first-order valence-electron chi connectivity index (χ1n) is 6.01. The highest BCUT2D eigenvalue weighted by atomic mass is 16.6. The Kier molecular flexibility index (Phi) is 3.55. The van der Waals surface area contributed by atoms with Gasteiger partial charge in [-0.3, -0.25) is 10.1 Å². The van der Waals surface area contributed by atoms with Gasteiger partial charge in [0.05, 0.1) is 17.7 Å². The topological polar surface area (TPSA) is 68.3 Å². The van der Waals surface area contributed by atoms with Crippen LogP contribution < -0.4 is 5.32 Å². The molecule has 1 aromatic heterocycles. The van der Waals surface area contributed by atoms with Crippen molar-refractivity contribution in [2.75, 3.05) is 5.32 Å². The quantitative estimate of drug-likeness (QED) is 0.671. The van der Waals surface area contributed by atoms with Crippen LogP contribution in [-0.4, -0.2) is 4.92 Å². The molecule has 0 saturated heterocycles. The van der Waals surface area contributed by atoms with E-state index in [1.54, 1.807) is 19.3 Å². The second-order valence-electron chi connectivity index (χ2n) is 4.59. The number of rotatable bonds is 4. The molecule has 0 spiro atoms. The SMILES string of the molecule is Cc1cc(C)c([N+](=O)[O-])cc1NCc1occc1C. The van der Waals surface area contributed by atoms with Crippen molar-refractivity contribution >= 4 is 11.4 Å². The van der Waals surface area contributed by atoms with Gasteiger partial charge in [-0.1, -0.05) is 0 Å². The van der Waals surface area contributed by atoms with Crippen molar-refractivity contribution in [3.8, 4) is 0 Å². The Hall–Kier alpha value is -2.30. The molecule has 0 saturated carbocycles. The maximum absolute atomic E-state index is 10.9. The van der Waals surface area contributed by atoms with Crippen molar-refractivity contribution in [3.63, 3.8) is 0 Å². The second kappa shape index (κ2) is 5.14. The highest BCUT2D eigenvalue weighted by Gasteiger charge is 2.13. The Morgan fingerprint density at radius 1 is 1.21 bits per heavy atom. The van der Waals surface area contributed by atoms with Gasteiger partial charge in [0, 0.05) is 17.3 Å². The van der Waals surface area contributed by atoms with Crippen molar-refractivity contribution in [1.29, 1.82) is 0 Å². The minimum absolute atomic E-state index is 0.129. The normalized spacial score (nSPS) is 10.5. The molecular formula is C14H16N2O3. The van der Waals surface area contributed by atoms with Gasteiger partial charge < -0.3 is 9.73 Å². The summed E-state index contributed by atoms with van der Waals surface area (Å²) in [6.45, 7) is 6.14. The summed E-state index contributed by atoms with van der Waals surface area (Å²) in [4.78, 5) is 10.6. The first kappa shape index (κ1) is 13.1. The molecule has 0 aliphatic heterocycles. The minimum Gasteiger partial charge on any atom is -0.467 e. The average Bonchev–Trinajstić information content (AvgIpc) is 2.73. The van der Waals surface area contributed by atoms with Crippen molar-refractivity contribution in [2.45, 2.75) is 27.3 Å². The van der Waals surface area contributed by atoms with Crippen molar-refractivity contribution in [3.05, 3.63) is 57.0 Å². The Balaban J connectivity index is 2.23. The van der Waals surface area contributed by atoms with Crippen molar-refractivity contribution in [1.82, 2.24) is 0 Å². The summed E-state index contributed by atoms with van der Waals surface area (Å²) >= 11 is 0. The van der Waals surface area contributed by atoms with Gasteiger partial charge in [-0.25, -0.2) is 0 Å². The third-order valence-electron chi connectivity index (χ3n) is 3.15. The van der Waals surface area contributed by atoms with Crippen LogP contribution in [0.1, 0.15) is 22.5 Å². The van der Waals surface area contributed by atoms with Crippen LogP contribution in [0.3, 0.4) is 0 Å². The van der Waals surface area contributed by atoms with Crippen LogP contribution in [-0.2, 0) is 6.54 Å². The van der Waals surface area contributed by atoms with Gasteiger partial charge in [-0.05, 0) is 44.0 Å². The van der Waals surface area contributed by atoms with Crippen LogP contribution in [0, 0.1) is 30.9 Å². The summed E-state index contributed by atoms with van der Waals surface area (Å²) in [5.41, 5.74) is 3.60. The van der Waals surface area contributed by atoms with E-state index in [1.807, 2.05) is 26.0 Å². The van der Waals surface area contributed by atoms with Gasteiger partial charge in [0.25, 0.3) is 5.69 Å². The van der Waals surface area contributed by atoms with E-state index < -0.39 is 0 Å². The highest BCUT2D eigenvalue weighted by Crippen LogP contribution is 2.26. The largest absolute Gasteiger partial charge is 0.467 e. The lowest BCUT2D eigenvalue weighted by Crippen LogP contribution is -2.03. The molecule has 0 unspecified atom stereocenters. The molecule has 100 valence electrons. The summed E-state index contributed by atoms with van der Waals surface area (Å²) in [6.07, 6.45) is 1.64. The predicted molar refractivity (Wildman–Crippen MR) is 73.3 cm³/mol. The number of hydrogen-bond donors (Lipinski definition) is 1. The Bertz CT molecular complexity index is 617. The van der Waals surface area contributed by atoms with Gasteiger partial charge in [0.2, 0.25) is 0 Å². The number of hydrogen-bond acceptors (Lipinski definition) is 4. The van der Waals surface area contributed by atoms with Crippen molar-refractivity contribution in [2.24, 2.45) is 0 Å². The first-order valence-corrected chi connectivity index (χ1v) is 6.01. The number of nitrogens with one attached hydrogen (secondary N) is 1. The van der Waals surface area contributed by atoms with Gasteiger partial charge in [0.1, 0.15) is 5.76 Å². The van der Waals surface area contributed by atoms with E-state index in [9.17, 15) is 10.1 Å². The zero-order valence-corrected chi connectivity index (χ0v) is 11.2. The Morgan fingerprint density at radius 3 is 2.53 bits per heavy atom. The Labute approximate surface area is 111 Å². The van der Waals surface area contributed by atoms with Crippen LogP contribution in [0.25, 0.3) is 0 Å². The van der Waals surface area contributed by atoms with Gasteiger partial charge in [-0.2, -0.15) is 0 Å². The van der Waals surface area contributed by atoms with Gasteiger partial charge in [0.15, 0.2) is 0 Å². The third-order valence-corrected chi connectivity index (χ3v) is 3.15. The van der Waals surface area contributed by atoms with Crippen LogP contribution >= 0.6 is 0 Å². The van der Waals surface area contributed by atoms with E-state index >= 15 is 0 Å². The van der Waals surface area contributed by atoms with Crippen LogP contribution in [0.4, 0.5) is 11.4 Å². The molecule has 19 heavy (non-hydrogen) atoms. The first-order chi connectivity index (χ1) is 8.99. The fourth-order valence-corrected chi connectivity index (χ4v) is 1.99. The molecule has 2 rings (SSSR count). The molecule has 0 fully saturated rings. The zero-order chi connectivity index (χ0) is 14.0.